The SMILES string of the molecule is C=C(C)Nc1cc(OC)ccc1OC. The van der Waals surface area contributed by atoms with E-state index in [0.29, 0.717) is 0 Å². The van der Waals surface area contributed by atoms with Crippen LogP contribution in [-0.4, -0.2) is 14.2 Å². The molecule has 1 aromatic carbocycles. The van der Waals surface area contributed by atoms with Crippen molar-refractivity contribution in [2.24, 2.45) is 0 Å². The highest BCUT2D eigenvalue weighted by atomic mass is 16.5. The third-order valence-corrected chi connectivity index (χ3v) is 1.75. The van der Waals surface area contributed by atoms with Gasteiger partial charge in [-0.3, -0.25) is 0 Å². The lowest BCUT2D eigenvalue weighted by Crippen LogP contribution is -1.97. The zero-order chi connectivity index (χ0) is 10.6. The standard InChI is InChI=1S/C11H15NO2/c1-8(2)12-10-7-9(13-3)5-6-11(10)14-4/h5-7,12H,1H2,2-4H3. The average Bonchev–Trinajstić information content (AvgIpc) is 2.16. The van der Waals surface area contributed by atoms with Crippen LogP contribution in [0.15, 0.2) is 30.5 Å². The van der Waals surface area contributed by atoms with Crippen LogP contribution in [0.4, 0.5) is 5.69 Å². The predicted octanol–water partition coefficient (Wildman–Crippen LogP) is 2.65. The van der Waals surface area contributed by atoms with E-state index in [9.17, 15) is 0 Å². The van der Waals surface area contributed by atoms with E-state index >= 15 is 0 Å². The molecule has 0 fully saturated rings. The highest BCUT2D eigenvalue weighted by molar-refractivity contribution is 5.61. The molecular weight excluding hydrogens is 178 g/mol. The predicted molar refractivity (Wildman–Crippen MR) is 58.0 cm³/mol. The molecule has 0 aliphatic carbocycles. The maximum absolute atomic E-state index is 5.19. The molecule has 0 radical (unpaired) electrons. The largest absolute Gasteiger partial charge is 0.497 e. The number of anilines is 1. The number of allylic oxidation sites excluding steroid dienone is 1. The Morgan fingerprint density at radius 2 is 2.00 bits per heavy atom. The van der Waals surface area contributed by atoms with Crippen LogP contribution in [0, 0.1) is 0 Å². The maximum Gasteiger partial charge on any atom is 0.142 e. The van der Waals surface area contributed by atoms with Crippen molar-refractivity contribution in [3.63, 3.8) is 0 Å². The molecule has 3 nitrogen and oxygen atoms in total. The summed E-state index contributed by atoms with van der Waals surface area (Å²) < 4.78 is 10.3. The molecule has 0 unspecified atom stereocenters. The second-order valence-corrected chi connectivity index (χ2v) is 2.97. The van der Waals surface area contributed by atoms with Gasteiger partial charge in [-0.15, -0.1) is 0 Å². The van der Waals surface area contributed by atoms with Gasteiger partial charge in [0, 0.05) is 11.8 Å². The molecule has 0 saturated carbocycles. The highest BCUT2D eigenvalue weighted by Crippen LogP contribution is 2.29. The van der Waals surface area contributed by atoms with Gasteiger partial charge >= 0.3 is 0 Å². The first-order valence-electron chi connectivity index (χ1n) is 4.32. The number of methoxy groups -OCH3 is 2. The lowest BCUT2D eigenvalue weighted by atomic mass is 10.2. The van der Waals surface area contributed by atoms with Gasteiger partial charge in [-0.1, -0.05) is 6.58 Å². The lowest BCUT2D eigenvalue weighted by Gasteiger charge is -2.11. The van der Waals surface area contributed by atoms with Crippen LogP contribution in [0.5, 0.6) is 11.5 Å². The van der Waals surface area contributed by atoms with Crippen LogP contribution in [0.3, 0.4) is 0 Å². The quantitative estimate of drug-likeness (QED) is 0.797. The Labute approximate surface area is 84.3 Å². The topological polar surface area (TPSA) is 30.5 Å². The van der Waals surface area contributed by atoms with Crippen molar-refractivity contribution in [1.29, 1.82) is 0 Å². The van der Waals surface area contributed by atoms with Crippen molar-refractivity contribution >= 4 is 5.69 Å². The maximum atomic E-state index is 5.19. The van der Waals surface area contributed by atoms with E-state index in [1.54, 1.807) is 14.2 Å². The van der Waals surface area contributed by atoms with Gasteiger partial charge in [-0.05, 0) is 19.1 Å². The Morgan fingerprint density at radius 1 is 1.29 bits per heavy atom. The highest BCUT2D eigenvalue weighted by Gasteiger charge is 2.03. The third-order valence-electron chi connectivity index (χ3n) is 1.75. The van der Waals surface area contributed by atoms with Crippen LogP contribution >= 0.6 is 0 Å². The Hall–Kier alpha value is -1.64. The Balaban J connectivity index is 3.01. The van der Waals surface area contributed by atoms with Crippen molar-refractivity contribution in [1.82, 2.24) is 0 Å². The fourth-order valence-corrected chi connectivity index (χ4v) is 1.14. The summed E-state index contributed by atoms with van der Waals surface area (Å²) in [5, 5.41) is 3.10. The van der Waals surface area contributed by atoms with E-state index in [2.05, 4.69) is 11.9 Å². The average molecular weight is 193 g/mol. The minimum Gasteiger partial charge on any atom is -0.497 e. The molecule has 0 atom stereocenters. The minimum atomic E-state index is 0.772. The molecule has 0 bridgehead atoms. The molecule has 0 spiro atoms. The van der Waals surface area contributed by atoms with Gasteiger partial charge in [0.2, 0.25) is 0 Å². The summed E-state index contributed by atoms with van der Waals surface area (Å²) in [5.41, 5.74) is 1.72. The number of hydrogen-bond acceptors (Lipinski definition) is 3. The molecule has 14 heavy (non-hydrogen) atoms. The summed E-state index contributed by atoms with van der Waals surface area (Å²) in [7, 11) is 3.26. The lowest BCUT2D eigenvalue weighted by molar-refractivity contribution is 0.404. The third kappa shape index (κ3) is 2.42. The summed E-state index contributed by atoms with van der Waals surface area (Å²) in [6, 6.07) is 5.57. The molecule has 0 aliphatic heterocycles. The molecule has 0 heterocycles. The first kappa shape index (κ1) is 10.4. The van der Waals surface area contributed by atoms with Gasteiger partial charge in [-0.2, -0.15) is 0 Å². The second kappa shape index (κ2) is 4.56. The zero-order valence-electron chi connectivity index (χ0n) is 8.76. The fraction of sp³-hybridized carbons (Fsp3) is 0.273. The van der Waals surface area contributed by atoms with E-state index in [0.717, 1.165) is 22.9 Å². The molecule has 0 aromatic heterocycles. The number of hydrogen-bond donors (Lipinski definition) is 1. The zero-order valence-corrected chi connectivity index (χ0v) is 8.76. The van der Waals surface area contributed by atoms with Crippen LogP contribution in [0.25, 0.3) is 0 Å². The number of nitrogens with one attached hydrogen (secondary N) is 1. The first-order chi connectivity index (χ1) is 6.67. The Morgan fingerprint density at radius 3 is 2.50 bits per heavy atom. The molecular formula is C11H15NO2. The van der Waals surface area contributed by atoms with E-state index in [1.807, 2.05) is 25.1 Å². The number of rotatable bonds is 4. The molecule has 3 heteroatoms. The first-order valence-corrected chi connectivity index (χ1v) is 4.32. The van der Waals surface area contributed by atoms with Gasteiger partial charge in [0.15, 0.2) is 0 Å². The molecule has 0 amide bonds. The summed E-state index contributed by atoms with van der Waals surface area (Å²) >= 11 is 0. The van der Waals surface area contributed by atoms with Crippen LogP contribution in [-0.2, 0) is 0 Å². The molecule has 1 rings (SSSR count). The summed E-state index contributed by atoms with van der Waals surface area (Å²) in [4.78, 5) is 0. The van der Waals surface area contributed by atoms with Gasteiger partial charge in [0.1, 0.15) is 11.5 Å². The smallest absolute Gasteiger partial charge is 0.142 e. The monoisotopic (exact) mass is 193 g/mol. The van der Waals surface area contributed by atoms with E-state index in [-0.39, 0.29) is 0 Å². The van der Waals surface area contributed by atoms with Crippen LogP contribution in [0.2, 0.25) is 0 Å². The van der Waals surface area contributed by atoms with Gasteiger partial charge in [0.05, 0.1) is 19.9 Å². The van der Waals surface area contributed by atoms with E-state index in [4.69, 9.17) is 9.47 Å². The van der Waals surface area contributed by atoms with Gasteiger partial charge in [-0.25, -0.2) is 0 Å². The normalized spacial score (nSPS) is 9.36. The van der Waals surface area contributed by atoms with Crippen molar-refractivity contribution in [2.75, 3.05) is 19.5 Å². The molecule has 1 N–H and O–H groups in total. The Bertz CT molecular complexity index is 334. The second-order valence-electron chi connectivity index (χ2n) is 2.97. The van der Waals surface area contributed by atoms with Crippen molar-refractivity contribution in [2.45, 2.75) is 6.92 Å². The van der Waals surface area contributed by atoms with Crippen molar-refractivity contribution < 1.29 is 9.47 Å². The number of benzene rings is 1. The minimum absolute atomic E-state index is 0.772. The van der Waals surface area contributed by atoms with Crippen molar-refractivity contribution in [3.05, 3.63) is 30.5 Å². The molecule has 1 aromatic rings. The summed E-state index contributed by atoms with van der Waals surface area (Å²) in [6.07, 6.45) is 0. The Kier molecular flexibility index (Phi) is 3.40. The molecule has 0 aliphatic rings. The fourth-order valence-electron chi connectivity index (χ4n) is 1.14. The van der Waals surface area contributed by atoms with Crippen LogP contribution < -0.4 is 14.8 Å². The number of ether oxygens (including phenoxy) is 2. The van der Waals surface area contributed by atoms with Gasteiger partial charge in [0.25, 0.3) is 0 Å². The summed E-state index contributed by atoms with van der Waals surface area (Å²) in [6.45, 7) is 5.66. The van der Waals surface area contributed by atoms with Crippen LogP contribution in [0.1, 0.15) is 6.92 Å². The van der Waals surface area contributed by atoms with E-state index in [1.165, 1.54) is 0 Å². The molecule has 76 valence electrons. The van der Waals surface area contributed by atoms with Gasteiger partial charge < -0.3 is 14.8 Å². The van der Waals surface area contributed by atoms with Crippen molar-refractivity contribution in [3.8, 4) is 11.5 Å². The summed E-state index contributed by atoms with van der Waals surface area (Å²) in [5.74, 6) is 1.56. The molecule has 0 saturated heterocycles. The van der Waals surface area contributed by atoms with E-state index < -0.39 is 0 Å².